The minimum atomic E-state index is -0.236. The maximum atomic E-state index is 12.8. The lowest BCUT2D eigenvalue weighted by Gasteiger charge is -2.24. The second-order valence-electron chi connectivity index (χ2n) is 7.44. The maximum Gasteiger partial charge on any atom is 0.274 e. The highest BCUT2D eigenvalue weighted by atomic mass is 16.5. The minimum absolute atomic E-state index is 0.0303. The van der Waals surface area contributed by atoms with Crippen LogP contribution < -0.4 is 9.47 Å². The Balaban J connectivity index is 1.91. The third-order valence-corrected chi connectivity index (χ3v) is 5.20. The van der Waals surface area contributed by atoms with Crippen LogP contribution >= 0.6 is 0 Å². The van der Waals surface area contributed by atoms with Gasteiger partial charge in [-0.15, -0.1) is 0 Å². The van der Waals surface area contributed by atoms with Crippen molar-refractivity contribution in [2.24, 2.45) is 0 Å². The fourth-order valence-corrected chi connectivity index (χ4v) is 3.27. The number of hydrogen-bond donors (Lipinski definition) is 0. The fraction of sp³-hybridized carbons (Fsp3) is 0.500. The van der Waals surface area contributed by atoms with Crippen molar-refractivity contribution in [3.8, 4) is 11.5 Å². The number of carbonyl (C=O) groups excluding carboxylic acids is 2. The average Bonchev–Trinajstić information content (AvgIpc) is 2.86. The standard InChI is InChI=1S/C24H34N4O5/c1-5-33-16-6-13-28(24(30)20-18-25-11-12-26-20)15-10-23(29)27(2)14-9-19-7-8-21(31-3)22(17-19)32-4/h7-8,11-12,17-18H,5-6,9-10,13-16H2,1-4H3. The summed E-state index contributed by atoms with van der Waals surface area (Å²) < 4.78 is 16.0. The molecular formula is C24H34N4O5. The smallest absolute Gasteiger partial charge is 0.274 e. The molecule has 0 bridgehead atoms. The maximum absolute atomic E-state index is 12.8. The SMILES string of the molecule is CCOCCCN(CCC(=O)N(C)CCc1ccc(OC)c(OC)c1)C(=O)c1cnccn1. The molecule has 0 spiro atoms. The summed E-state index contributed by atoms with van der Waals surface area (Å²) in [7, 11) is 4.96. The van der Waals surface area contributed by atoms with E-state index in [0.717, 1.165) is 5.56 Å². The third kappa shape index (κ3) is 8.34. The van der Waals surface area contributed by atoms with Crippen LogP contribution in [0.3, 0.4) is 0 Å². The zero-order valence-corrected chi connectivity index (χ0v) is 20.0. The third-order valence-electron chi connectivity index (χ3n) is 5.20. The van der Waals surface area contributed by atoms with Crippen LogP contribution in [0.1, 0.15) is 35.8 Å². The highest BCUT2D eigenvalue weighted by Gasteiger charge is 2.19. The van der Waals surface area contributed by atoms with E-state index >= 15 is 0 Å². The monoisotopic (exact) mass is 458 g/mol. The lowest BCUT2D eigenvalue weighted by atomic mass is 10.1. The summed E-state index contributed by atoms with van der Waals surface area (Å²) in [6, 6.07) is 5.73. The van der Waals surface area contributed by atoms with E-state index in [1.165, 1.54) is 18.6 Å². The summed E-state index contributed by atoms with van der Waals surface area (Å²) in [4.78, 5) is 37.0. The van der Waals surface area contributed by atoms with Crippen LogP contribution in [-0.2, 0) is 16.0 Å². The van der Waals surface area contributed by atoms with Crippen molar-refractivity contribution in [1.82, 2.24) is 19.8 Å². The molecule has 0 radical (unpaired) electrons. The van der Waals surface area contributed by atoms with Crippen molar-refractivity contribution in [2.45, 2.75) is 26.2 Å². The first-order chi connectivity index (χ1) is 16.0. The van der Waals surface area contributed by atoms with Gasteiger partial charge in [-0.3, -0.25) is 14.6 Å². The molecule has 33 heavy (non-hydrogen) atoms. The number of rotatable bonds is 14. The predicted molar refractivity (Wildman–Crippen MR) is 125 cm³/mol. The molecule has 0 aliphatic heterocycles. The molecule has 1 aromatic carbocycles. The van der Waals surface area contributed by atoms with Crippen LogP contribution in [0.2, 0.25) is 0 Å². The summed E-state index contributed by atoms with van der Waals surface area (Å²) >= 11 is 0. The van der Waals surface area contributed by atoms with Gasteiger partial charge in [0.1, 0.15) is 5.69 Å². The Morgan fingerprint density at radius 2 is 1.82 bits per heavy atom. The molecule has 0 saturated heterocycles. The zero-order chi connectivity index (χ0) is 24.1. The average molecular weight is 459 g/mol. The molecule has 1 aromatic heterocycles. The van der Waals surface area contributed by atoms with Gasteiger partial charge in [-0.25, -0.2) is 4.98 Å². The van der Waals surface area contributed by atoms with E-state index in [4.69, 9.17) is 14.2 Å². The summed E-state index contributed by atoms with van der Waals surface area (Å²) in [5.74, 6) is 1.06. The molecule has 0 atom stereocenters. The van der Waals surface area contributed by atoms with Crippen LogP contribution in [0.5, 0.6) is 11.5 Å². The van der Waals surface area contributed by atoms with Crippen molar-refractivity contribution in [3.05, 3.63) is 48.0 Å². The summed E-state index contributed by atoms with van der Waals surface area (Å²) in [6.07, 6.45) is 6.03. The Labute approximate surface area is 195 Å². The topological polar surface area (TPSA) is 94.1 Å². The van der Waals surface area contributed by atoms with Gasteiger partial charge in [0, 0.05) is 58.7 Å². The van der Waals surface area contributed by atoms with Crippen LogP contribution in [0.25, 0.3) is 0 Å². The molecule has 9 heteroatoms. The number of hydrogen-bond acceptors (Lipinski definition) is 7. The Morgan fingerprint density at radius 3 is 2.48 bits per heavy atom. The van der Waals surface area contributed by atoms with Crippen molar-refractivity contribution in [1.29, 1.82) is 0 Å². The van der Waals surface area contributed by atoms with Gasteiger partial charge in [-0.05, 0) is 37.5 Å². The molecule has 9 nitrogen and oxygen atoms in total. The van der Waals surface area contributed by atoms with E-state index in [-0.39, 0.29) is 23.9 Å². The molecule has 2 rings (SSSR count). The van der Waals surface area contributed by atoms with Gasteiger partial charge < -0.3 is 24.0 Å². The van der Waals surface area contributed by atoms with Gasteiger partial charge in [-0.2, -0.15) is 0 Å². The Kier molecular flexibility index (Phi) is 11.1. The van der Waals surface area contributed by atoms with Crippen LogP contribution in [0.4, 0.5) is 0 Å². The number of carbonyl (C=O) groups is 2. The number of aromatic nitrogens is 2. The first-order valence-electron chi connectivity index (χ1n) is 11.1. The summed E-state index contributed by atoms with van der Waals surface area (Å²) in [6.45, 7) is 4.45. The number of nitrogens with zero attached hydrogens (tertiary/aromatic N) is 4. The molecular weight excluding hydrogens is 424 g/mol. The van der Waals surface area contributed by atoms with Gasteiger partial charge in [0.15, 0.2) is 11.5 Å². The van der Waals surface area contributed by atoms with Crippen LogP contribution in [0, 0.1) is 0 Å². The minimum Gasteiger partial charge on any atom is -0.493 e. The van der Waals surface area contributed by atoms with Crippen molar-refractivity contribution >= 4 is 11.8 Å². The Hall–Kier alpha value is -3.20. The summed E-state index contributed by atoms with van der Waals surface area (Å²) in [5.41, 5.74) is 1.31. The van der Waals surface area contributed by atoms with Crippen LogP contribution in [-0.4, -0.2) is 85.7 Å². The van der Waals surface area contributed by atoms with Crippen molar-refractivity contribution < 1.29 is 23.8 Å². The molecule has 1 heterocycles. The van der Waals surface area contributed by atoms with E-state index in [1.54, 1.807) is 31.1 Å². The van der Waals surface area contributed by atoms with Crippen molar-refractivity contribution in [3.63, 3.8) is 0 Å². The fourth-order valence-electron chi connectivity index (χ4n) is 3.27. The van der Waals surface area contributed by atoms with E-state index in [2.05, 4.69) is 9.97 Å². The Morgan fingerprint density at radius 1 is 1.03 bits per heavy atom. The quantitative estimate of drug-likeness (QED) is 0.401. The second-order valence-corrected chi connectivity index (χ2v) is 7.44. The second kappa shape index (κ2) is 14.1. The first kappa shape index (κ1) is 26.1. The number of amides is 2. The number of methoxy groups -OCH3 is 2. The lowest BCUT2D eigenvalue weighted by Crippen LogP contribution is -2.37. The van der Waals surface area contributed by atoms with E-state index < -0.39 is 0 Å². The largest absolute Gasteiger partial charge is 0.493 e. The molecule has 0 unspecified atom stereocenters. The molecule has 2 amide bonds. The zero-order valence-electron chi connectivity index (χ0n) is 20.0. The normalized spacial score (nSPS) is 10.5. The molecule has 0 fully saturated rings. The molecule has 0 aliphatic rings. The number of benzene rings is 1. The molecule has 180 valence electrons. The predicted octanol–water partition coefficient (Wildman–Crippen LogP) is 2.45. The Bertz CT molecular complexity index is 878. The highest BCUT2D eigenvalue weighted by Crippen LogP contribution is 2.27. The first-order valence-corrected chi connectivity index (χ1v) is 11.1. The van der Waals surface area contributed by atoms with Gasteiger partial charge in [0.2, 0.25) is 5.91 Å². The van der Waals surface area contributed by atoms with Gasteiger partial charge in [-0.1, -0.05) is 6.07 Å². The van der Waals surface area contributed by atoms with Gasteiger partial charge in [0.25, 0.3) is 5.91 Å². The lowest BCUT2D eigenvalue weighted by molar-refractivity contribution is -0.130. The summed E-state index contributed by atoms with van der Waals surface area (Å²) in [5, 5.41) is 0. The van der Waals surface area contributed by atoms with E-state index in [1.807, 2.05) is 25.1 Å². The van der Waals surface area contributed by atoms with Gasteiger partial charge >= 0.3 is 0 Å². The molecule has 0 saturated carbocycles. The number of likely N-dealkylation sites (N-methyl/N-ethyl adjacent to an activating group) is 1. The van der Waals surface area contributed by atoms with E-state index in [0.29, 0.717) is 57.2 Å². The molecule has 2 aromatic rings. The van der Waals surface area contributed by atoms with Gasteiger partial charge in [0.05, 0.1) is 20.4 Å². The molecule has 0 N–H and O–H groups in total. The highest BCUT2D eigenvalue weighted by molar-refractivity contribution is 5.92. The van der Waals surface area contributed by atoms with E-state index in [9.17, 15) is 9.59 Å². The van der Waals surface area contributed by atoms with Crippen molar-refractivity contribution in [2.75, 3.05) is 54.1 Å². The molecule has 0 aliphatic carbocycles. The number of ether oxygens (including phenoxy) is 3. The van der Waals surface area contributed by atoms with Crippen LogP contribution in [0.15, 0.2) is 36.8 Å².